The summed E-state index contributed by atoms with van der Waals surface area (Å²) in [5.41, 5.74) is -0.134. The first-order valence-electron chi connectivity index (χ1n) is 6.04. The first-order chi connectivity index (χ1) is 6.94. The summed E-state index contributed by atoms with van der Waals surface area (Å²) in [6.07, 6.45) is 1.28. The summed E-state index contributed by atoms with van der Waals surface area (Å²) in [7, 11) is 0. The Labute approximate surface area is 93.9 Å². The van der Waals surface area contributed by atoms with Gasteiger partial charge in [-0.05, 0) is 53.1 Å². The Hall–Kier alpha value is -0.120. The second-order valence-electron chi connectivity index (χ2n) is 5.67. The molecule has 0 saturated carbocycles. The third-order valence-corrected chi connectivity index (χ3v) is 3.31. The van der Waals surface area contributed by atoms with E-state index < -0.39 is 0 Å². The van der Waals surface area contributed by atoms with E-state index in [1.54, 1.807) is 0 Å². The predicted molar refractivity (Wildman–Crippen MR) is 64.0 cm³/mol. The lowest BCUT2D eigenvalue weighted by Gasteiger charge is -2.26. The van der Waals surface area contributed by atoms with E-state index in [0.29, 0.717) is 6.04 Å². The lowest BCUT2D eigenvalue weighted by Crippen LogP contribution is -2.45. The topological polar surface area (TPSA) is 35.5 Å². The first-order valence-corrected chi connectivity index (χ1v) is 6.04. The van der Waals surface area contributed by atoms with Crippen molar-refractivity contribution in [2.75, 3.05) is 26.2 Å². The van der Waals surface area contributed by atoms with E-state index in [4.69, 9.17) is 5.11 Å². The summed E-state index contributed by atoms with van der Waals surface area (Å²) in [6.45, 7) is 12.3. The molecule has 0 bridgehead atoms. The third-order valence-electron chi connectivity index (χ3n) is 3.31. The van der Waals surface area contributed by atoms with Gasteiger partial charge in [-0.2, -0.15) is 0 Å². The maximum atomic E-state index is 9.14. The van der Waals surface area contributed by atoms with Crippen LogP contribution in [0.4, 0.5) is 0 Å². The Morgan fingerprint density at radius 3 is 2.60 bits per heavy atom. The fourth-order valence-corrected chi connectivity index (χ4v) is 1.97. The van der Waals surface area contributed by atoms with Gasteiger partial charge in [-0.1, -0.05) is 0 Å². The van der Waals surface area contributed by atoms with E-state index in [-0.39, 0.29) is 12.1 Å². The zero-order valence-corrected chi connectivity index (χ0v) is 10.6. The van der Waals surface area contributed by atoms with Crippen LogP contribution in [0.15, 0.2) is 0 Å². The van der Waals surface area contributed by atoms with Gasteiger partial charge in [0, 0.05) is 18.1 Å². The van der Waals surface area contributed by atoms with Crippen LogP contribution in [0.2, 0.25) is 0 Å². The van der Waals surface area contributed by atoms with Crippen molar-refractivity contribution in [2.45, 2.75) is 45.7 Å². The third kappa shape index (κ3) is 4.09. The van der Waals surface area contributed by atoms with Gasteiger partial charge in [-0.3, -0.25) is 0 Å². The molecule has 1 unspecified atom stereocenters. The molecule has 1 heterocycles. The van der Waals surface area contributed by atoms with Crippen LogP contribution in [0.25, 0.3) is 0 Å². The zero-order chi connectivity index (χ0) is 11.5. The molecule has 1 fully saturated rings. The van der Waals surface area contributed by atoms with Crippen molar-refractivity contribution in [3.63, 3.8) is 0 Å². The molecule has 0 spiro atoms. The van der Waals surface area contributed by atoms with Crippen LogP contribution in [0.3, 0.4) is 0 Å². The van der Waals surface area contributed by atoms with Crippen molar-refractivity contribution >= 4 is 0 Å². The van der Waals surface area contributed by atoms with Gasteiger partial charge in [0.15, 0.2) is 0 Å². The van der Waals surface area contributed by atoms with Crippen molar-refractivity contribution < 1.29 is 5.11 Å². The number of nitrogens with zero attached hydrogens (tertiary/aromatic N) is 1. The maximum Gasteiger partial charge on any atom is 0.0607 e. The van der Waals surface area contributed by atoms with E-state index in [1.807, 2.05) is 13.8 Å². The van der Waals surface area contributed by atoms with E-state index in [2.05, 4.69) is 24.1 Å². The summed E-state index contributed by atoms with van der Waals surface area (Å²) in [5.74, 6) is 0.748. The van der Waals surface area contributed by atoms with Crippen LogP contribution in [0, 0.1) is 5.92 Å². The van der Waals surface area contributed by atoms with Crippen LogP contribution in [-0.4, -0.2) is 47.8 Å². The molecule has 1 aliphatic heterocycles. The lowest BCUT2D eigenvalue weighted by molar-refractivity contribution is 0.181. The second-order valence-corrected chi connectivity index (χ2v) is 5.67. The van der Waals surface area contributed by atoms with Crippen molar-refractivity contribution in [1.29, 1.82) is 0 Å². The minimum atomic E-state index is -0.134. The summed E-state index contributed by atoms with van der Waals surface area (Å²) in [4.78, 5) is 2.53. The number of aliphatic hydroxyl groups is 1. The Bertz CT molecular complexity index is 192. The van der Waals surface area contributed by atoms with Gasteiger partial charge in [-0.25, -0.2) is 0 Å². The minimum absolute atomic E-state index is 0.134. The molecule has 3 heteroatoms. The van der Waals surface area contributed by atoms with Gasteiger partial charge in [-0.15, -0.1) is 0 Å². The molecule has 1 saturated heterocycles. The molecule has 1 rings (SSSR count). The van der Waals surface area contributed by atoms with Crippen molar-refractivity contribution in [2.24, 2.45) is 5.92 Å². The average Bonchev–Trinajstić information content (AvgIpc) is 2.63. The first kappa shape index (κ1) is 12.9. The normalized spacial score (nSPS) is 24.0. The average molecular weight is 214 g/mol. The quantitative estimate of drug-likeness (QED) is 0.719. The van der Waals surface area contributed by atoms with Crippen LogP contribution < -0.4 is 5.32 Å². The van der Waals surface area contributed by atoms with Gasteiger partial charge in [0.2, 0.25) is 0 Å². The lowest BCUT2D eigenvalue weighted by atomic mass is 10.0. The molecule has 0 aromatic heterocycles. The Balaban J connectivity index is 2.25. The Morgan fingerprint density at radius 1 is 1.47 bits per heavy atom. The van der Waals surface area contributed by atoms with Gasteiger partial charge in [0.25, 0.3) is 0 Å². The number of likely N-dealkylation sites (tertiary alicyclic amines) is 1. The molecule has 1 aliphatic rings. The summed E-state index contributed by atoms with van der Waals surface area (Å²) in [5, 5.41) is 12.6. The van der Waals surface area contributed by atoms with Crippen LogP contribution in [0.5, 0.6) is 0 Å². The molecule has 0 aliphatic carbocycles. The monoisotopic (exact) mass is 214 g/mol. The second kappa shape index (κ2) is 5.28. The molecule has 3 nitrogen and oxygen atoms in total. The molecule has 0 aromatic carbocycles. The van der Waals surface area contributed by atoms with Crippen molar-refractivity contribution in [3.8, 4) is 0 Å². The summed E-state index contributed by atoms with van der Waals surface area (Å²) in [6, 6.07) is 0.667. The molecule has 1 atom stereocenters. The van der Waals surface area contributed by atoms with Crippen LogP contribution >= 0.6 is 0 Å². The van der Waals surface area contributed by atoms with Gasteiger partial charge in [0.05, 0.1) is 6.61 Å². The number of hydrogen-bond acceptors (Lipinski definition) is 3. The number of nitrogens with one attached hydrogen (secondary N) is 1. The van der Waals surface area contributed by atoms with Crippen LogP contribution in [0.1, 0.15) is 34.1 Å². The smallest absolute Gasteiger partial charge is 0.0607 e. The highest BCUT2D eigenvalue weighted by molar-refractivity contribution is 4.83. The summed E-state index contributed by atoms with van der Waals surface area (Å²) >= 11 is 0. The minimum Gasteiger partial charge on any atom is -0.394 e. The van der Waals surface area contributed by atoms with Gasteiger partial charge >= 0.3 is 0 Å². The van der Waals surface area contributed by atoms with E-state index in [9.17, 15) is 0 Å². The van der Waals surface area contributed by atoms with Gasteiger partial charge in [0.1, 0.15) is 0 Å². The fourth-order valence-electron chi connectivity index (χ4n) is 1.97. The van der Waals surface area contributed by atoms with Crippen molar-refractivity contribution in [1.82, 2.24) is 10.2 Å². The Morgan fingerprint density at radius 2 is 2.13 bits per heavy atom. The molecule has 15 heavy (non-hydrogen) atoms. The number of rotatable bonds is 5. The highest BCUT2D eigenvalue weighted by Gasteiger charge is 2.25. The highest BCUT2D eigenvalue weighted by Crippen LogP contribution is 2.18. The standard InChI is InChI=1S/C12H26N2O/c1-10(2)14-6-5-11(8-14)7-13-12(3,4)9-15/h10-11,13,15H,5-9H2,1-4H3. The molecular formula is C12H26N2O. The molecular weight excluding hydrogens is 188 g/mol. The predicted octanol–water partition coefficient (Wildman–Crippen LogP) is 1.08. The zero-order valence-electron chi connectivity index (χ0n) is 10.6. The SMILES string of the molecule is CC(C)N1CCC(CNC(C)(C)CO)C1. The number of aliphatic hydroxyl groups excluding tert-OH is 1. The van der Waals surface area contributed by atoms with E-state index in [0.717, 1.165) is 12.5 Å². The van der Waals surface area contributed by atoms with Crippen molar-refractivity contribution in [3.05, 3.63) is 0 Å². The van der Waals surface area contributed by atoms with Gasteiger partial charge < -0.3 is 15.3 Å². The highest BCUT2D eigenvalue weighted by atomic mass is 16.3. The Kier molecular flexibility index (Phi) is 4.56. The molecule has 90 valence electrons. The molecule has 0 radical (unpaired) electrons. The number of hydrogen-bond donors (Lipinski definition) is 2. The fraction of sp³-hybridized carbons (Fsp3) is 1.00. The molecule has 0 aromatic rings. The molecule has 0 amide bonds. The van der Waals surface area contributed by atoms with Crippen LogP contribution in [-0.2, 0) is 0 Å². The molecule has 2 N–H and O–H groups in total. The largest absolute Gasteiger partial charge is 0.394 e. The van der Waals surface area contributed by atoms with E-state index in [1.165, 1.54) is 19.5 Å². The summed E-state index contributed by atoms with van der Waals surface area (Å²) < 4.78 is 0. The maximum absolute atomic E-state index is 9.14. The van der Waals surface area contributed by atoms with E-state index >= 15 is 0 Å².